The Hall–Kier alpha value is -2.12. The topological polar surface area (TPSA) is 37.4 Å². The zero-order valence-corrected chi connectivity index (χ0v) is 13.9. The number of alkyl halides is 3. The molecule has 1 saturated heterocycles. The number of benzene rings is 1. The van der Waals surface area contributed by atoms with E-state index in [2.05, 4.69) is 19.9 Å². The molecular weight excluding hydrogens is 331 g/mol. The first-order chi connectivity index (χ1) is 11.9. The highest BCUT2D eigenvalue weighted by Crippen LogP contribution is 2.30. The van der Waals surface area contributed by atoms with Crippen LogP contribution in [0.15, 0.2) is 42.5 Å². The average molecular weight is 351 g/mol. The molecule has 0 spiro atoms. The molecule has 1 aliphatic heterocycles. The smallest absolute Gasteiger partial charge is 0.406 e. The first-order valence-electron chi connectivity index (χ1n) is 8.16. The van der Waals surface area contributed by atoms with E-state index in [9.17, 15) is 13.2 Å². The molecule has 7 heteroatoms. The van der Waals surface area contributed by atoms with Gasteiger partial charge in [0.2, 0.25) is 0 Å². The summed E-state index contributed by atoms with van der Waals surface area (Å²) in [4.78, 5) is 6.92. The van der Waals surface area contributed by atoms with Crippen molar-refractivity contribution in [2.75, 3.05) is 26.2 Å². The maximum absolute atomic E-state index is 12.4. The van der Waals surface area contributed by atoms with Crippen LogP contribution in [-0.2, 0) is 0 Å². The fourth-order valence-electron chi connectivity index (χ4n) is 3.08. The maximum atomic E-state index is 12.4. The second-order valence-electron chi connectivity index (χ2n) is 6.01. The van der Waals surface area contributed by atoms with Gasteiger partial charge in [0.1, 0.15) is 5.75 Å². The lowest BCUT2D eigenvalue weighted by molar-refractivity contribution is -0.274. The summed E-state index contributed by atoms with van der Waals surface area (Å²) in [5, 5.41) is 3.31. The molecule has 1 fully saturated rings. The van der Waals surface area contributed by atoms with Crippen LogP contribution in [0.4, 0.5) is 13.2 Å². The van der Waals surface area contributed by atoms with Gasteiger partial charge in [0.25, 0.3) is 0 Å². The first kappa shape index (κ1) is 17.7. The maximum Gasteiger partial charge on any atom is 0.573 e. The molecule has 0 saturated carbocycles. The summed E-state index contributed by atoms with van der Waals surface area (Å²) in [7, 11) is 0. The van der Waals surface area contributed by atoms with Gasteiger partial charge in [0, 0.05) is 31.9 Å². The summed E-state index contributed by atoms with van der Waals surface area (Å²) in [6, 6.07) is 11.8. The number of piperazine rings is 1. The fraction of sp³-hybridized carbons (Fsp3) is 0.389. The molecule has 1 aromatic carbocycles. The predicted octanol–water partition coefficient (Wildman–Crippen LogP) is 3.28. The van der Waals surface area contributed by atoms with Crippen LogP contribution in [-0.4, -0.2) is 42.4 Å². The SMILES string of the molecule is Cc1cccc([C@@H](c2ccc(OC(F)(F)F)cc2)N2CCNCC2)n1. The lowest BCUT2D eigenvalue weighted by Gasteiger charge is -2.35. The van der Waals surface area contributed by atoms with Crippen molar-refractivity contribution in [1.82, 2.24) is 15.2 Å². The molecule has 134 valence electrons. The Kier molecular flexibility index (Phi) is 5.24. The van der Waals surface area contributed by atoms with E-state index in [1.165, 1.54) is 12.1 Å². The highest BCUT2D eigenvalue weighted by Gasteiger charge is 2.31. The second-order valence-corrected chi connectivity index (χ2v) is 6.01. The molecule has 0 bridgehead atoms. The molecule has 25 heavy (non-hydrogen) atoms. The molecule has 3 rings (SSSR count). The minimum Gasteiger partial charge on any atom is -0.406 e. The van der Waals surface area contributed by atoms with Crippen molar-refractivity contribution in [3.8, 4) is 5.75 Å². The summed E-state index contributed by atoms with van der Waals surface area (Å²) < 4.78 is 41.0. The van der Waals surface area contributed by atoms with Crippen LogP contribution in [0.1, 0.15) is 23.0 Å². The lowest BCUT2D eigenvalue weighted by atomic mass is 10.00. The number of halogens is 3. The third-order valence-corrected chi connectivity index (χ3v) is 4.14. The van der Waals surface area contributed by atoms with Gasteiger partial charge in [-0.3, -0.25) is 9.88 Å². The molecule has 0 unspecified atom stereocenters. The monoisotopic (exact) mass is 351 g/mol. The van der Waals surface area contributed by atoms with Gasteiger partial charge in [-0.25, -0.2) is 0 Å². The van der Waals surface area contributed by atoms with E-state index < -0.39 is 6.36 Å². The minimum atomic E-state index is -4.68. The Balaban J connectivity index is 1.91. The standard InChI is InChI=1S/C18H20F3N3O/c1-13-3-2-4-16(23-13)17(24-11-9-22-10-12-24)14-5-7-15(8-6-14)25-18(19,20)21/h2-8,17,22H,9-12H2,1H3/t17-/m1/s1. The molecular formula is C18H20F3N3O. The molecule has 4 nitrogen and oxygen atoms in total. The Morgan fingerprint density at radius 1 is 1.08 bits per heavy atom. The van der Waals surface area contributed by atoms with Gasteiger partial charge in [-0.1, -0.05) is 18.2 Å². The molecule has 1 aromatic heterocycles. The third-order valence-electron chi connectivity index (χ3n) is 4.14. The van der Waals surface area contributed by atoms with Crippen molar-refractivity contribution in [3.05, 3.63) is 59.4 Å². The molecule has 1 atom stereocenters. The van der Waals surface area contributed by atoms with Crippen LogP contribution in [0.5, 0.6) is 5.75 Å². The Bertz CT molecular complexity index is 697. The first-order valence-corrected chi connectivity index (χ1v) is 8.16. The molecule has 1 N–H and O–H groups in total. The van der Waals surface area contributed by atoms with E-state index in [1.807, 2.05) is 25.1 Å². The lowest BCUT2D eigenvalue weighted by Crippen LogP contribution is -2.45. The summed E-state index contributed by atoms with van der Waals surface area (Å²) in [5.74, 6) is -0.215. The fourth-order valence-corrected chi connectivity index (χ4v) is 3.08. The molecule has 2 aromatic rings. The molecule has 0 radical (unpaired) electrons. The van der Waals surface area contributed by atoms with Crippen LogP contribution in [0.25, 0.3) is 0 Å². The van der Waals surface area contributed by atoms with E-state index in [4.69, 9.17) is 0 Å². The van der Waals surface area contributed by atoms with E-state index >= 15 is 0 Å². The van der Waals surface area contributed by atoms with Gasteiger partial charge in [0.05, 0.1) is 11.7 Å². The van der Waals surface area contributed by atoms with Crippen LogP contribution >= 0.6 is 0 Å². The Morgan fingerprint density at radius 3 is 2.36 bits per heavy atom. The third kappa shape index (κ3) is 4.70. The van der Waals surface area contributed by atoms with E-state index in [-0.39, 0.29) is 11.8 Å². The van der Waals surface area contributed by atoms with Crippen molar-refractivity contribution in [3.63, 3.8) is 0 Å². The normalized spacial score (nSPS) is 17.3. The summed E-state index contributed by atoms with van der Waals surface area (Å²) in [6.45, 7) is 5.37. The number of hydrogen-bond acceptors (Lipinski definition) is 4. The number of nitrogens with one attached hydrogen (secondary N) is 1. The van der Waals surface area contributed by atoms with Crippen molar-refractivity contribution in [1.29, 1.82) is 0 Å². The molecule has 2 heterocycles. The minimum absolute atomic E-state index is 0.0954. The quantitative estimate of drug-likeness (QED) is 0.917. The number of ether oxygens (including phenoxy) is 1. The van der Waals surface area contributed by atoms with Crippen molar-refractivity contribution in [2.45, 2.75) is 19.3 Å². The highest BCUT2D eigenvalue weighted by atomic mass is 19.4. The predicted molar refractivity (Wildman–Crippen MR) is 88.4 cm³/mol. The van der Waals surface area contributed by atoms with Gasteiger partial charge in [-0.05, 0) is 36.8 Å². The van der Waals surface area contributed by atoms with E-state index in [0.717, 1.165) is 43.1 Å². The summed E-state index contributed by atoms with van der Waals surface area (Å²) >= 11 is 0. The Morgan fingerprint density at radius 2 is 1.76 bits per heavy atom. The number of nitrogens with zero attached hydrogens (tertiary/aromatic N) is 2. The number of aryl methyl sites for hydroxylation is 1. The van der Waals surface area contributed by atoms with Crippen molar-refractivity contribution in [2.24, 2.45) is 0 Å². The van der Waals surface area contributed by atoms with Crippen LogP contribution in [0.2, 0.25) is 0 Å². The van der Waals surface area contributed by atoms with Gasteiger partial charge < -0.3 is 10.1 Å². The largest absolute Gasteiger partial charge is 0.573 e. The number of hydrogen-bond donors (Lipinski definition) is 1. The Labute approximate surface area is 144 Å². The van der Waals surface area contributed by atoms with Crippen molar-refractivity contribution >= 4 is 0 Å². The van der Waals surface area contributed by atoms with Gasteiger partial charge in [-0.15, -0.1) is 13.2 Å². The van der Waals surface area contributed by atoms with Crippen LogP contribution in [0, 0.1) is 6.92 Å². The number of pyridine rings is 1. The van der Waals surface area contributed by atoms with E-state index in [1.54, 1.807) is 12.1 Å². The van der Waals surface area contributed by atoms with Crippen molar-refractivity contribution < 1.29 is 17.9 Å². The second kappa shape index (κ2) is 7.41. The average Bonchev–Trinajstić information content (AvgIpc) is 2.56. The van der Waals surface area contributed by atoms with Gasteiger partial charge in [0.15, 0.2) is 0 Å². The van der Waals surface area contributed by atoms with Gasteiger partial charge in [-0.2, -0.15) is 0 Å². The van der Waals surface area contributed by atoms with E-state index in [0.29, 0.717) is 0 Å². The molecule has 0 amide bonds. The van der Waals surface area contributed by atoms with Gasteiger partial charge >= 0.3 is 6.36 Å². The zero-order chi connectivity index (χ0) is 17.9. The highest BCUT2D eigenvalue weighted by molar-refractivity contribution is 5.34. The molecule has 1 aliphatic rings. The zero-order valence-electron chi connectivity index (χ0n) is 13.9. The summed E-state index contributed by atoms with van der Waals surface area (Å²) in [6.07, 6.45) is -4.68. The van der Waals surface area contributed by atoms with Crippen LogP contribution < -0.4 is 10.1 Å². The van der Waals surface area contributed by atoms with Crippen LogP contribution in [0.3, 0.4) is 0 Å². The number of rotatable bonds is 4. The number of aromatic nitrogens is 1. The molecule has 0 aliphatic carbocycles. The summed E-state index contributed by atoms with van der Waals surface area (Å²) in [5.41, 5.74) is 2.70.